The molecule has 1 atom stereocenters. The molecule has 102 valence electrons. The Morgan fingerprint density at radius 1 is 1.56 bits per heavy atom. The number of hydrogen-bond donors (Lipinski definition) is 1. The first-order valence-corrected chi connectivity index (χ1v) is 8.40. The second kappa shape index (κ2) is 6.04. The zero-order valence-corrected chi connectivity index (χ0v) is 13.9. The van der Waals surface area contributed by atoms with Crippen LogP contribution in [0.5, 0.6) is 0 Å². The summed E-state index contributed by atoms with van der Waals surface area (Å²) in [5.74, 6) is 0. The lowest BCUT2D eigenvalue weighted by molar-refractivity contribution is 0.0571. The molecule has 1 aromatic rings. The van der Waals surface area contributed by atoms with Crippen molar-refractivity contribution in [2.45, 2.75) is 51.7 Å². The SMILES string of the molecule is CCCC1CN(Cc2sccc2Br)C(C)(C)CN1. The summed E-state index contributed by atoms with van der Waals surface area (Å²) in [5, 5.41) is 5.85. The Bertz CT molecular complexity index is 389. The van der Waals surface area contributed by atoms with E-state index in [1.54, 1.807) is 0 Å². The zero-order chi connectivity index (χ0) is 13.2. The van der Waals surface area contributed by atoms with E-state index in [0.29, 0.717) is 6.04 Å². The van der Waals surface area contributed by atoms with E-state index in [4.69, 9.17) is 0 Å². The highest BCUT2D eigenvalue weighted by Gasteiger charge is 2.33. The molecular weight excluding hydrogens is 308 g/mol. The van der Waals surface area contributed by atoms with E-state index in [1.807, 2.05) is 11.3 Å². The lowest BCUT2D eigenvalue weighted by Gasteiger charge is -2.46. The molecule has 1 unspecified atom stereocenters. The summed E-state index contributed by atoms with van der Waals surface area (Å²) < 4.78 is 1.26. The van der Waals surface area contributed by atoms with Crippen LogP contribution < -0.4 is 5.32 Å². The molecule has 2 nitrogen and oxygen atoms in total. The molecule has 0 aliphatic carbocycles. The molecule has 0 amide bonds. The Hall–Kier alpha value is 0.1000. The first kappa shape index (κ1) is 14.5. The molecule has 1 aliphatic heterocycles. The van der Waals surface area contributed by atoms with E-state index >= 15 is 0 Å². The minimum Gasteiger partial charge on any atom is -0.311 e. The molecular formula is C14H23BrN2S. The first-order valence-electron chi connectivity index (χ1n) is 6.73. The number of nitrogens with zero attached hydrogens (tertiary/aromatic N) is 1. The van der Waals surface area contributed by atoms with Crippen LogP contribution in [0.2, 0.25) is 0 Å². The van der Waals surface area contributed by atoms with Crippen LogP contribution in [0.25, 0.3) is 0 Å². The highest BCUT2D eigenvalue weighted by molar-refractivity contribution is 9.10. The van der Waals surface area contributed by atoms with Crippen molar-refractivity contribution in [3.8, 4) is 0 Å². The lowest BCUT2D eigenvalue weighted by atomic mass is 9.96. The number of rotatable bonds is 4. The van der Waals surface area contributed by atoms with Crippen molar-refractivity contribution in [1.82, 2.24) is 10.2 Å². The van der Waals surface area contributed by atoms with Crippen molar-refractivity contribution in [2.24, 2.45) is 0 Å². The van der Waals surface area contributed by atoms with Crippen molar-refractivity contribution >= 4 is 27.3 Å². The third-order valence-corrected chi connectivity index (χ3v) is 5.69. The molecule has 2 heterocycles. The average Bonchev–Trinajstić information content (AvgIpc) is 2.70. The number of halogens is 1. The van der Waals surface area contributed by atoms with Crippen LogP contribution in [0.15, 0.2) is 15.9 Å². The average molecular weight is 331 g/mol. The molecule has 1 N–H and O–H groups in total. The standard InChI is InChI=1S/C14H23BrN2S/c1-4-5-11-8-17(14(2,3)10-16-11)9-13-12(15)6-7-18-13/h6-7,11,16H,4-5,8-10H2,1-3H3. The monoisotopic (exact) mass is 330 g/mol. The highest BCUT2D eigenvalue weighted by atomic mass is 79.9. The molecule has 2 rings (SSSR count). The second-order valence-corrected chi connectivity index (χ2v) is 7.61. The van der Waals surface area contributed by atoms with Gasteiger partial charge in [-0.2, -0.15) is 0 Å². The maximum Gasteiger partial charge on any atom is 0.0345 e. The van der Waals surface area contributed by atoms with Crippen LogP contribution in [0.1, 0.15) is 38.5 Å². The zero-order valence-electron chi connectivity index (χ0n) is 11.5. The number of piperazine rings is 1. The van der Waals surface area contributed by atoms with E-state index in [0.717, 1.165) is 19.6 Å². The molecule has 0 aromatic carbocycles. The fraction of sp³-hybridized carbons (Fsp3) is 0.714. The third-order valence-electron chi connectivity index (χ3n) is 3.78. The van der Waals surface area contributed by atoms with Gasteiger partial charge in [-0.15, -0.1) is 11.3 Å². The number of nitrogens with one attached hydrogen (secondary N) is 1. The predicted molar refractivity (Wildman–Crippen MR) is 83.2 cm³/mol. The van der Waals surface area contributed by atoms with Gasteiger partial charge in [0, 0.05) is 40.6 Å². The Labute approximate surface area is 123 Å². The Balaban J connectivity index is 2.05. The van der Waals surface area contributed by atoms with Crippen LogP contribution in [-0.2, 0) is 6.54 Å². The minimum atomic E-state index is 0.244. The van der Waals surface area contributed by atoms with E-state index in [9.17, 15) is 0 Å². The van der Waals surface area contributed by atoms with Gasteiger partial charge in [0.2, 0.25) is 0 Å². The summed E-state index contributed by atoms with van der Waals surface area (Å²) in [4.78, 5) is 4.07. The lowest BCUT2D eigenvalue weighted by Crippen LogP contribution is -2.61. The molecule has 0 bridgehead atoms. The van der Waals surface area contributed by atoms with E-state index in [-0.39, 0.29) is 5.54 Å². The molecule has 1 saturated heterocycles. The molecule has 0 spiro atoms. The Kier molecular flexibility index (Phi) is 4.86. The Morgan fingerprint density at radius 2 is 2.33 bits per heavy atom. The summed E-state index contributed by atoms with van der Waals surface area (Å²) in [7, 11) is 0. The minimum absolute atomic E-state index is 0.244. The third kappa shape index (κ3) is 3.35. The van der Waals surface area contributed by atoms with Crippen molar-refractivity contribution in [3.05, 3.63) is 20.8 Å². The van der Waals surface area contributed by atoms with Gasteiger partial charge >= 0.3 is 0 Å². The first-order chi connectivity index (χ1) is 8.53. The fourth-order valence-corrected chi connectivity index (χ4v) is 4.01. The van der Waals surface area contributed by atoms with Gasteiger partial charge in [0.05, 0.1) is 0 Å². The van der Waals surface area contributed by atoms with Gasteiger partial charge in [0.25, 0.3) is 0 Å². The van der Waals surface area contributed by atoms with Crippen LogP contribution in [0, 0.1) is 0 Å². The Morgan fingerprint density at radius 3 is 2.94 bits per heavy atom. The van der Waals surface area contributed by atoms with Crippen LogP contribution in [0.3, 0.4) is 0 Å². The van der Waals surface area contributed by atoms with Crippen LogP contribution >= 0.6 is 27.3 Å². The smallest absolute Gasteiger partial charge is 0.0345 e. The molecule has 1 aromatic heterocycles. The van der Waals surface area contributed by atoms with E-state index in [2.05, 4.69) is 58.4 Å². The molecule has 0 saturated carbocycles. The van der Waals surface area contributed by atoms with Crippen molar-refractivity contribution < 1.29 is 0 Å². The van der Waals surface area contributed by atoms with Crippen molar-refractivity contribution in [3.63, 3.8) is 0 Å². The summed E-state index contributed by atoms with van der Waals surface area (Å²) in [6, 6.07) is 2.81. The fourth-order valence-electron chi connectivity index (χ4n) is 2.52. The maximum absolute atomic E-state index is 3.68. The normalized spacial score (nSPS) is 24.3. The van der Waals surface area contributed by atoms with Gasteiger partial charge in [-0.25, -0.2) is 0 Å². The number of hydrogen-bond acceptors (Lipinski definition) is 3. The van der Waals surface area contributed by atoms with Gasteiger partial charge in [-0.1, -0.05) is 13.3 Å². The van der Waals surface area contributed by atoms with Crippen LogP contribution in [-0.4, -0.2) is 29.6 Å². The summed E-state index contributed by atoms with van der Waals surface area (Å²) in [6.07, 6.45) is 2.53. The molecule has 0 radical (unpaired) electrons. The quantitative estimate of drug-likeness (QED) is 0.901. The molecule has 4 heteroatoms. The molecule has 1 aliphatic rings. The highest BCUT2D eigenvalue weighted by Crippen LogP contribution is 2.28. The predicted octanol–water partition coefficient (Wildman–Crippen LogP) is 3.86. The van der Waals surface area contributed by atoms with Crippen LogP contribution in [0.4, 0.5) is 0 Å². The van der Waals surface area contributed by atoms with Gasteiger partial charge in [0.1, 0.15) is 0 Å². The van der Waals surface area contributed by atoms with Gasteiger partial charge in [0.15, 0.2) is 0 Å². The van der Waals surface area contributed by atoms with E-state index in [1.165, 1.54) is 22.2 Å². The van der Waals surface area contributed by atoms with Crippen molar-refractivity contribution in [1.29, 1.82) is 0 Å². The second-order valence-electron chi connectivity index (χ2n) is 5.75. The van der Waals surface area contributed by atoms with Crippen molar-refractivity contribution in [2.75, 3.05) is 13.1 Å². The molecule has 18 heavy (non-hydrogen) atoms. The largest absolute Gasteiger partial charge is 0.311 e. The summed E-state index contributed by atoms with van der Waals surface area (Å²) in [5.41, 5.74) is 0.244. The van der Waals surface area contributed by atoms with Gasteiger partial charge in [-0.05, 0) is 47.6 Å². The van der Waals surface area contributed by atoms with Gasteiger partial charge in [-0.3, -0.25) is 4.90 Å². The summed E-state index contributed by atoms with van der Waals surface area (Å²) in [6.45, 7) is 10.2. The topological polar surface area (TPSA) is 15.3 Å². The van der Waals surface area contributed by atoms with Gasteiger partial charge < -0.3 is 5.32 Å². The maximum atomic E-state index is 3.68. The van der Waals surface area contributed by atoms with E-state index < -0.39 is 0 Å². The number of thiophene rings is 1. The molecule has 1 fully saturated rings. The summed E-state index contributed by atoms with van der Waals surface area (Å²) >= 11 is 5.49.